The van der Waals surface area contributed by atoms with Crippen LogP contribution in [0.5, 0.6) is 0 Å². The van der Waals surface area contributed by atoms with Gasteiger partial charge in [-0.05, 0) is 156 Å². The summed E-state index contributed by atoms with van der Waals surface area (Å²) in [4.78, 5) is 55.9. The second-order valence-corrected chi connectivity index (χ2v) is 20.7. The van der Waals surface area contributed by atoms with E-state index in [-0.39, 0.29) is 60.8 Å². The van der Waals surface area contributed by atoms with Gasteiger partial charge in [-0.2, -0.15) is 0 Å². The lowest BCUT2D eigenvalue weighted by Crippen LogP contribution is -2.42. The molecule has 0 unspecified atom stereocenters. The van der Waals surface area contributed by atoms with Crippen molar-refractivity contribution in [2.24, 2.45) is 0 Å². The Bertz CT molecular complexity index is 3060. The lowest BCUT2D eigenvalue weighted by molar-refractivity contribution is 0.0635. The monoisotopic (exact) mass is 1090 g/mol. The second-order valence-electron chi connectivity index (χ2n) is 19.9. The molecule has 4 aromatic carbocycles. The zero-order chi connectivity index (χ0) is 51.1. The molecule has 10 rings (SSSR count). The van der Waals surface area contributed by atoms with Crippen molar-refractivity contribution < 1.29 is 19.1 Å². The summed E-state index contributed by atoms with van der Waals surface area (Å²) in [5.41, 5.74) is 15.9. The number of carbonyl (C=O) groups excluding carboxylic acids is 3. The number of nitrogens with two attached hydrogens (primary N) is 1. The van der Waals surface area contributed by atoms with Crippen molar-refractivity contribution in [1.29, 1.82) is 0 Å². The molecular formula is C57H62Cl4N10O4. The van der Waals surface area contributed by atoms with Crippen LogP contribution in [0, 0.1) is 0 Å². The van der Waals surface area contributed by atoms with Gasteiger partial charge in [0.25, 0.3) is 11.8 Å². The highest BCUT2D eigenvalue weighted by Crippen LogP contribution is 2.37. The number of allylic oxidation sites excluding steroid dienone is 2. The number of nitrogens with one attached hydrogen (secondary N) is 5. The highest BCUT2D eigenvalue weighted by atomic mass is 35.5. The number of benzene rings is 4. The Morgan fingerprint density at radius 3 is 1.48 bits per heavy atom. The van der Waals surface area contributed by atoms with Crippen molar-refractivity contribution >= 4 is 100 Å². The van der Waals surface area contributed by atoms with Crippen LogP contribution in [-0.4, -0.2) is 67.6 Å². The minimum Gasteiger partial charge on any atom is -0.444 e. The summed E-state index contributed by atoms with van der Waals surface area (Å²) in [5, 5.41) is 17.0. The number of ether oxygens (including phenoxy) is 1. The second kappa shape index (κ2) is 25.2. The number of halogens is 4. The van der Waals surface area contributed by atoms with Crippen molar-refractivity contribution in [2.45, 2.75) is 115 Å². The molecule has 7 N–H and O–H groups in total. The van der Waals surface area contributed by atoms with Crippen molar-refractivity contribution in [3.8, 4) is 0 Å². The van der Waals surface area contributed by atoms with Crippen LogP contribution in [0.15, 0.2) is 122 Å². The van der Waals surface area contributed by atoms with Crippen LogP contribution in [0.4, 0.5) is 28.1 Å². The normalized spacial score (nSPS) is 18.4. The molecule has 4 atom stereocenters. The summed E-state index contributed by atoms with van der Waals surface area (Å²) in [6.07, 6.45) is 16.2. The van der Waals surface area contributed by atoms with Crippen LogP contribution < -0.4 is 32.3 Å². The summed E-state index contributed by atoms with van der Waals surface area (Å²) in [5.74, 6) is 0.883. The van der Waals surface area contributed by atoms with Crippen LogP contribution >= 0.6 is 48.0 Å². The fourth-order valence-corrected chi connectivity index (χ4v) is 10.2. The highest BCUT2D eigenvalue weighted by molar-refractivity contribution is 6.32. The zero-order valence-electron chi connectivity index (χ0n) is 42.0. The average molecular weight is 1090 g/mol. The van der Waals surface area contributed by atoms with E-state index in [0.29, 0.717) is 44.4 Å². The lowest BCUT2D eigenvalue weighted by Gasteiger charge is -2.30. The highest BCUT2D eigenvalue weighted by Gasteiger charge is 2.28. The number of rotatable bonds is 11. The van der Waals surface area contributed by atoms with Crippen molar-refractivity contribution in [1.82, 2.24) is 30.6 Å². The molecule has 4 aliphatic rings. The number of fused-ring (bicyclic) bond motifs is 2. The molecule has 18 heteroatoms. The molecular weight excluding hydrogens is 1030 g/mol. The SMILES string of the molecule is CC(C)(C)OC(=O)Nc1ccc(C(=O)N[C@H]2CCC[C@@H](Nc3ncc(Cl)c(C4=CCc5ccccc54)n3)C2)cc1.Cl.Cl.Nc1ccc(C(=O)N[C@H]2CCC[C@@H](Nc3ncc(Cl)c(C4=CCc5ccccc54)n3)C2)cc1. The maximum Gasteiger partial charge on any atom is 0.412 e. The molecule has 2 heterocycles. The van der Waals surface area contributed by atoms with E-state index in [2.05, 4.69) is 79.0 Å². The van der Waals surface area contributed by atoms with Gasteiger partial charge in [-0.1, -0.05) is 83.9 Å². The topological polar surface area (TPSA) is 198 Å². The number of nitrogens with zero attached hydrogens (tertiary/aromatic N) is 4. The van der Waals surface area contributed by atoms with Crippen LogP contribution in [0.25, 0.3) is 11.1 Å². The average Bonchev–Trinajstić information content (AvgIpc) is 4.01. The predicted molar refractivity (Wildman–Crippen MR) is 304 cm³/mol. The van der Waals surface area contributed by atoms with Gasteiger partial charge in [0.2, 0.25) is 11.9 Å². The number of anilines is 4. The maximum absolute atomic E-state index is 12.9. The minimum atomic E-state index is -0.585. The lowest BCUT2D eigenvalue weighted by atomic mass is 9.91. The van der Waals surface area contributed by atoms with Gasteiger partial charge in [0.1, 0.15) is 5.60 Å². The first kappa shape index (κ1) is 56.0. The summed E-state index contributed by atoms with van der Waals surface area (Å²) in [6.45, 7) is 5.41. The van der Waals surface area contributed by atoms with Gasteiger partial charge in [0, 0.05) is 57.8 Å². The van der Waals surface area contributed by atoms with Gasteiger partial charge in [-0.25, -0.2) is 24.7 Å². The number of carbonyl (C=O) groups is 3. The fraction of sp³-hybridized carbons (Fsp3) is 0.316. The van der Waals surface area contributed by atoms with E-state index < -0.39 is 11.7 Å². The molecule has 2 saturated carbocycles. The first-order valence-electron chi connectivity index (χ1n) is 24.9. The van der Waals surface area contributed by atoms with Gasteiger partial charge in [0.05, 0.1) is 33.8 Å². The molecule has 2 aromatic heterocycles. The van der Waals surface area contributed by atoms with Gasteiger partial charge in [-0.3, -0.25) is 14.9 Å². The third-order valence-corrected chi connectivity index (χ3v) is 13.9. The fourth-order valence-electron chi connectivity index (χ4n) is 9.83. The molecule has 392 valence electrons. The van der Waals surface area contributed by atoms with E-state index in [1.807, 2.05) is 18.2 Å². The molecule has 3 amide bonds. The number of hydrogen-bond donors (Lipinski definition) is 6. The van der Waals surface area contributed by atoms with E-state index >= 15 is 0 Å². The number of hydrogen-bond acceptors (Lipinski definition) is 11. The largest absolute Gasteiger partial charge is 0.444 e. The molecule has 0 bridgehead atoms. The van der Waals surface area contributed by atoms with Crippen molar-refractivity contribution in [3.63, 3.8) is 0 Å². The molecule has 4 aliphatic carbocycles. The smallest absolute Gasteiger partial charge is 0.412 e. The summed E-state index contributed by atoms with van der Waals surface area (Å²) >= 11 is 13.0. The third kappa shape index (κ3) is 14.6. The summed E-state index contributed by atoms with van der Waals surface area (Å²) in [6, 6.07) is 30.8. The Labute approximate surface area is 460 Å². The maximum atomic E-state index is 12.9. The van der Waals surface area contributed by atoms with Gasteiger partial charge in [-0.15, -0.1) is 24.8 Å². The van der Waals surface area contributed by atoms with Gasteiger partial charge in [0.15, 0.2) is 0 Å². The summed E-state index contributed by atoms with van der Waals surface area (Å²) < 4.78 is 5.27. The Morgan fingerprint density at radius 1 is 0.600 bits per heavy atom. The first-order chi connectivity index (χ1) is 35.2. The Hall–Kier alpha value is -6.71. The molecule has 0 spiro atoms. The molecule has 6 aromatic rings. The molecule has 75 heavy (non-hydrogen) atoms. The van der Waals surface area contributed by atoms with Crippen molar-refractivity contribution in [3.05, 3.63) is 176 Å². The zero-order valence-corrected chi connectivity index (χ0v) is 45.1. The van der Waals surface area contributed by atoms with Crippen molar-refractivity contribution in [2.75, 3.05) is 21.7 Å². The van der Waals surface area contributed by atoms with Crippen LogP contribution in [0.2, 0.25) is 10.0 Å². The molecule has 0 radical (unpaired) electrons. The van der Waals surface area contributed by atoms with Crippen LogP contribution in [-0.2, 0) is 17.6 Å². The van der Waals surface area contributed by atoms with E-state index in [9.17, 15) is 14.4 Å². The van der Waals surface area contributed by atoms with E-state index in [4.69, 9.17) is 43.6 Å². The standard InChI is InChI=1S/C31H34ClN5O3.C26H26ClN5O.2ClH/c1-31(2,3)40-30(39)36-21-14-11-20(12-15-21)28(38)34-22-8-6-9-23(17-22)35-29-33-18-26(32)27(37-29)25-16-13-19-7-4-5-10-24(19)25;27-23-15-29-26(32-24(23)22-13-10-16-4-1-2-7-21(16)22)31-20-6-3-5-19(14-20)30-25(33)17-8-11-18(28)12-9-17;;/h4-5,7,10-12,14-16,18,22-23H,6,8-9,13,17H2,1-3H3,(H,34,38)(H,36,39)(H,33,35,37);1-2,4,7-9,11-13,15,19-20H,3,5-6,10,14,28H2,(H,30,33)(H,29,31,32);2*1H/t22-,23+;19-,20+;;/m00../s1. The third-order valence-electron chi connectivity index (χ3n) is 13.3. The van der Waals surface area contributed by atoms with Crippen LogP contribution in [0.1, 0.15) is 126 Å². The predicted octanol–water partition coefficient (Wildman–Crippen LogP) is 12.3. The number of aromatic nitrogens is 4. The first-order valence-corrected chi connectivity index (χ1v) is 25.7. The Balaban J connectivity index is 0.000000216. The summed E-state index contributed by atoms with van der Waals surface area (Å²) in [7, 11) is 0. The molecule has 14 nitrogen and oxygen atoms in total. The van der Waals surface area contributed by atoms with Crippen LogP contribution in [0.3, 0.4) is 0 Å². The number of amides is 3. The van der Waals surface area contributed by atoms with E-state index in [0.717, 1.165) is 92.3 Å². The van der Waals surface area contributed by atoms with Gasteiger partial charge >= 0.3 is 6.09 Å². The Kier molecular flexibility index (Phi) is 18.8. The Morgan fingerprint density at radius 2 is 1.03 bits per heavy atom. The number of nitrogen functional groups attached to an aromatic ring is 1. The van der Waals surface area contributed by atoms with E-state index in [1.54, 1.807) is 81.7 Å². The molecule has 2 fully saturated rings. The minimum absolute atomic E-state index is 0. The molecule has 0 saturated heterocycles. The van der Waals surface area contributed by atoms with E-state index in [1.165, 1.54) is 16.7 Å². The van der Waals surface area contributed by atoms with Gasteiger partial charge < -0.3 is 31.7 Å². The molecule has 0 aliphatic heterocycles. The quantitative estimate of drug-likeness (QED) is 0.0675.